The van der Waals surface area contributed by atoms with E-state index in [9.17, 15) is 0 Å². The molecule has 0 aromatic heterocycles. The van der Waals surface area contributed by atoms with Gasteiger partial charge >= 0.3 is 0 Å². The van der Waals surface area contributed by atoms with Gasteiger partial charge in [0, 0.05) is 15.4 Å². The number of anilines is 2. The van der Waals surface area contributed by atoms with E-state index in [0.717, 1.165) is 16.9 Å². The summed E-state index contributed by atoms with van der Waals surface area (Å²) >= 11 is 1.75. The molecule has 2 aromatic rings. The molecule has 0 radical (unpaired) electrons. The minimum absolute atomic E-state index is 0.614. The molecule has 0 unspecified atom stereocenters. The second kappa shape index (κ2) is 4.38. The maximum atomic E-state index is 8.81. The van der Waals surface area contributed by atoms with Gasteiger partial charge in [-0.05, 0) is 31.2 Å². The van der Waals surface area contributed by atoms with Crippen molar-refractivity contribution in [2.45, 2.75) is 16.7 Å². The summed E-state index contributed by atoms with van der Waals surface area (Å²) in [5.41, 5.74) is 3.71. The van der Waals surface area contributed by atoms with E-state index < -0.39 is 0 Å². The van der Waals surface area contributed by atoms with Gasteiger partial charge in [0.05, 0.1) is 17.1 Å². The van der Waals surface area contributed by atoms with Crippen LogP contribution >= 0.6 is 11.8 Å². The molecule has 1 aliphatic heterocycles. The average Bonchev–Trinajstić information content (AvgIpc) is 2.43. The average molecular weight is 256 g/mol. The van der Waals surface area contributed by atoms with E-state index in [1.54, 1.807) is 18.7 Å². The number of benzene rings is 2. The lowest BCUT2D eigenvalue weighted by atomic mass is 10.1. The molecule has 0 saturated heterocycles. The molecule has 3 rings (SSSR count). The molecule has 2 N–H and O–H groups in total. The Kier molecular flexibility index (Phi) is 2.72. The van der Waals surface area contributed by atoms with Crippen molar-refractivity contribution in [1.29, 1.82) is 0 Å². The smallest absolute Gasteiger partial charge is 0.0837 e. The summed E-state index contributed by atoms with van der Waals surface area (Å²) in [5.74, 6) is 0. The van der Waals surface area contributed by atoms with Crippen molar-refractivity contribution in [3.8, 4) is 0 Å². The highest BCUT2D eigenvalue weighted by Crippen LogP contribution is 2.44. The van der Waals surface area contributed by atoms with Crippen molar-refractivity contribution in [2.75, 3.05) is 5.32 Å². The lowest BCUT2D eigenvalue weighted by molar-refractivity contribution is 0.319. The Morgan fingerprint density at radius 2 is 1.89 bits per heavy atom. The monoisotopic (exact) mass is 256 g/mol. The van der Waals surface area contributed by atoms with Gasteiger partial charge in [-0.15, -0.1) is 0 Å². The van der Waals surface area contributed by atoms with Crippen LogP contribution in [-0.2, 0) is 0 Å². The summed E-state index contributed by atoms with van der Waals surface area (Å²) in [7, 11) is 0. The maximum absolute atomic E-state index is 8.81. The molecule has 1 aliphatic rings. The Morgan fingerprint density at radius 3 is 2.72 bits per heavy atom. The van der Waals surface area contributed by atoms with Gasteiger partial charge in [-0.3, -0.25) is 0 Å². The number of oxime groups is 1. The molecule has 0 atom stereocenters. The van der Waals surface area contributed by atoms with Crippen LogP contribution in [0.25, 0.3) is 0 Å². The summed E-state index contributed by atoms with van der Waals surface area (Å²) in [5, 5.41) is 15.4. The third-order valence-electron chi connectivity index (χ3n) is 2.92. The standard InChI is InChI=1S/C14H12N2OS/c1-9(16-17)10-6-7-14-12(8-10)15-11-4-2-3-5-13(11)18-14/h2-8,15,17H,1H3/b16-9+. The molecule has 0 bridgehead atoms. The van der Waals surface area contributed by atoms with Gasteiger partial charge in [0.1, 0.15) is 0 Å². The largest absolute Gasteiger partial charge is 0.411 e. The summed E-state index contributed by atoms with van der Waals surface area (Å²) in [6.07, 6.45) is 0. The molecule has 2 aromatic carbocycles. The molecule has 18 heavy (non-hydrogen) atoms. The predicted octanol–water partition coefficient (Wildman–Crippen LogP) is 4.09. The fraction of sp³-hybridized carbons (Fsp3) is 0.0714. The molecule has 1 heterocycles. The Hall–Kier alpha value is -1.94. The van der Waals surface area contributed by atoms with Crippen LogP contribution < -0.4 is 5.32 Å². The Bertz CT molecular complexity index is 637. The minimum Gasteiger partial charge on any atom is -0.411 e. The number of rotatable bonds is 1. The fourth-order valence-corrected chi connectivity index (χ4v) is 2.89. The number of nitrogens with one attached hydrogen (secondary N) is 1. The normalized spacial score (nSPS) is 13.5. The molecule has 4 heteroatoms. The van der Waals surface area contributed by atoms with Gasteiger partial charge in [-0.25, -0.2) is 0 Å². The Balaban J connectivity index is 2.03. The van der Waals surface area contributed by atoms with E-state index in [2.05, 4.69) is 22.6 Å². The van der Waals surface area contributed by atoms with Crippen LogP contribution in [-0.4, -0.2) is 10.9 Å². The van der Waals surface area contributed by atoms with Gasteiger partial charge in [-0.1, -0.05) is 35.1 Å². The summed E-state index contributed by atoms with van der Waals surface area (Å²) in [6.45, 7) is 1.78. The number of nitrogens with zero attached hydrogens (tertiary/aromatic N) is 1. The highest BCUT2D eigenvalue weighted by atomic mass is 32.2. The second-order valence-electron chi connectivity index (χ2n) is 4.12. The van der Waals surface area contributed by atoms with E-state index in [4.69, 9.17) is 5.21 Å². The molecule has 0 aliphatic carbocycles. The van der Waals surface area contributed by atoms with Gasteiger partial charge < -0.3 is 10.5 Å². The van der Waals surface area contributed by atoms with Crippen LogP contribution in [0.1, 0.15) is 12.5 Å². The van der Waals surface area contributed by atoms with E-state index in [1.165, 1.54) is 9.79 Å². The zero-order chi connectivity index (χ0) is 12.5. The quantitative estimate of drug-likeness (QED) is 0.391. The number of hydrogen-bond donors (Lipinski definition) is 2. The van der Waals surface area contributed by atoms with Crippen LogP contribution in [0, 0.1) is 0 Å². The first-order valence-electron chi connectivity index (χ1n) is 5.65. The van der Waals surface area contributed by atoms with Gasteiger partial charge in [0.15, 0.2) is 0 Å². The van der Waals surface area contributed by atoms with Crippen molar-refractivity contribution < 1.29 is 5.21 Å². The third-order valence-corrected chi connectivity index (χ3v) is 4.08. The van der Waals surface area contributed by atoms with Crippen LogP contribution in [0.4, 0.5) is 11.4 Å². The minimum atomic E-state index is 0.614. The van der Waals surface area contributed by atoms with E-state index in [1.807, 2.05) is 30.3 Å². The molecule has 0 fully saturated rings. The molecule has 0 spiro atoms. The van der Waals surface area contributed by atoms with Crippen LogP contribution in [0.3, 0.4) is 0 Å². The van der Waals surface area contributed by atoms with E-state index in [-0.39, 0.29) is 0 Å². The molecule has 0 saturated carbocycles. The topological polar surface area (TPSA) is 44.6 Å². The summed E-state index contributed by atoms with van der Waals surface area (Å²) in [6, 6.07) is 14.2. The molecule has 90 valence electrons. The number of hydrogen-bond acceptors (Lipinski definition) is 4. The lowest BCUT2D eigenvalue weighted by Gasteiger charge is -2.21. The summed E-state index contributed by atoms with van der Waals surface area (Å²) < 4.78 is 0. The van der Waals surface area contributed by atoms with Crippen LogP contribution in [0.15, 0.2) is 57.4 Å². The lowest BCUT2D eigenvalue weighted by Crippen LogP contribution is -2.02. The molecule has 0 amide bonds. The zero-order valence-corrected chi connectivity index (χ0v) is 10.7. The molecular weight excluding hydrogens is 244 g/mol. The number of fused-ring (bicyclic) bond motifs is 2. The van der Waals surface area contributed by atoms with Crippen molar-refractivity contribution in [3.63, 3.8) is 0 Å². The van der Waals surface area contributed by atoms with Gasteiger partial charge in [0.2, 0.25) is 0 Å². The molecule has 3 nitrogen and oxygen atoms in total. The Morgan fingerprint density at radius 1 is 1.11 bits per heavy atom. The van der Waals surface area contributed by atoms with Gasteiger partial charge in [0.25, 0.3) is 0 Å². The predicted molar refractivity (Wildman–Crippen MR) is 74.3 cm³/mol. The molecular formula is C14H12N2OS. The Labute approximate surface area is 110 Å². The maximum Gasteiger partial charge on any atom is 0.0837 e. The fourth-order valence-electron chi connectivity index (χ4n) is 1.92. The van der Waals surface area contributed by atoms with E-state index >= 15 is 0 Å². The first kappa shape index (κ1) is 11.2. The van der Waals surface area contributed by atoms with Crippen molar-refractivity contribution in [3.05, 3.63) is 48.0 Å². The highest BCUT2D eigenvalue weighted by molar-refractivity contribution is 7.99. The van der Waals surface area contributed by atoms with Crippen LogP contribution in [0.2, 0.25) is 0 Å². The first-order valence-corrected chi connectivity index (χ1v) is 6.46. The SMILES string of the molecule is C/C(=N\O)c1ccc2c(c1)Nc1ccccc1S2. The summed E-state index contributed by atoms with van der Waals surface area (Å²) in [4.78, 5) is 2.41. The third kappa shape index (κ3) is 1.84. The van der Waals surface area contributed by atoms with Gasteiger partial charge in [-0.2, -0.15) is 0 Å². The number of para-hydroxylation sites is 1. The van der Waals surface area contributed by atoms with Crippen LogP contribution in [0.5, 0.6) is 0 Å². The first-order chi connectivity index (χ1) is 8.78. The second-order valence-corrected chi connectivity index (χ2v) is 5.20. The van der Waals surface area contributed by atoms with Crippen molar-refractivity contribution >= 4 is 28.8 Å². The highest BCUT2D eigenvalue weighted by Gasteiger charge is 2.15. The zero-order valence-electron chi connectivity index (χ0n) is 9.84. The van der Waals surface area contributed by atoms with Crippen molar-refractivity contribution in [1.82, 2.24) is 0 Å². The van der Waals surface area contributed by atoms with E-state index in [0.29, 0.717) is 5.71 Å². The van der Waals surface area contributed by atoms with Crippen molar-refractivity contribution in [2.24, 2.45) is 5.16 Å².